The third kappa shape index (κ3) is 5.77. The summed E-state index contributed by atoms with van der Waals surface area (Å²) in [6.07, 6.45) is -0.215. The van der Waals surface area contributed by atoms with Crippen molar-refractivity contribution in [1.82, 2.24) is 15.2 Å². The Kier molecular flexibility index (Phi) is 7.64. The molecule has 0 aliphatic carbocycles. The van der Waals surface area contributed by atoms with Gasteiger partial charge in [-0.25, -0.2) is 8.42 Å². The fraction of sp³-hybridized carbons (Fsp3) is 0.381. The fourth-order valence-corrected chi connectivity index (χ4v) is 4.87. The van der Waals surface area contributed by atoms with Gasteiger partial charge in [0.05, 0.1) is 30.9 Å². The molecule has 1 aromatic heterocycles. The van der Waals surface area contributed by atoms with Crippen molar-refractivity contribution in [3.63, 3.8) is 0 Å². The van der Waals surface area contributed by atoms with Gasteiger partial charge in [-0.15, -0.1) is 0 Å². The molecule has 0 radical (unpaired) electrons. The molecule has 1 aliphatic heterocycles. The van der Waals surface area contributed by atoms with Crippen molar-refractivity contribution < 1.29 is 32.1 Å². The number of sulfonamides is 1. The molecule has 34 heavy (non-hydrogen) atoms. The van der Waals surface area contributed by atoms with E-state index in [9.17, 15) is 18.0 Å². The van der Waals surface area contributed by atoms with Gasteiger partial charge in [-0.05, 0) is 31.5 Å². The summed E-state index contributed by atoms with van der Waals surface area (Å²) in [6, 6.07) is 7.48. The Labute approximate surface area is 195 Å². The van der Waals surface area contributed by atoms with E-state index < -0.39 is 34.0 Å². The lowest BCUT2D eigenvalue weighted by Gasteiger charge is -2.17. The first-order valence-corrected chi connectivity index (χ1v) is 11.7. The normalized spacial score (nSPS) is 16.2. The van der Waals surface area contributed by atoms with Crippen LogP contribution in [0.5, 0.6) is 0 Å². The predicted molar refractivity (Wildman–Crippen MR) is 117 cm³/mol. The minimum atomic E-state index is -4.17. The second-order valence-corrected chi connectivity index (χ2v) is 9.17. The molecule has 12 nitrogen and oxygen atoms in total. The molecular formula is C21H23N5O7S. The average molecular weight is 490 g/mol. The van der Waals surface area contributed by atoms with Gasteiger partial charge in [-0.3, -0.25) is 9.59 Å². The molecular weight excluding hydrogens is 466 g/mol. The van der Waals surface area contributed by atoms with E-state index in [0.717, 1.165) is 12.7 Å². The van der Waals surface area contributed by atoms with Crippen molar-refractivity contribution in [1.29, 1.82) is 5.26 Å². The molecule has 2 heterocycles. The number of nitrogens with zero attached hydrogens (tertiary/aromatic N) is 3. The van der Waals surface area contributed by atoms with Crippen LogP contribution in [0.2, 0.25) is 0 Å². The summed E-state index contributed by atoms with van der Waals surface area (Å²) in [5.41, 5.74) is 2.07. The lowest BCUT2D eigenvalue weighted by molar-refractivity contribution is -0.142. The fourth-order valence-electron chi connectivity index (χ4n) is 3.36. The summed E-state index contributed by atoms with van der Waals surface area (Å²) < 4.78 is 37.2. The summed E-state index contributed by atoms with van der Waals surface area (Å²) in [5, 5.41) is 19.0. The molecule has 3 rings (SSSR count). The summed E-state index contributed by atoms with van der Waals surface area (Å²) in [7, 11) is -3.06. The van der Waals surface area contributed by atoms with Gasteiger partial charge in [-0.1, -0.05) is 22.4 Å². The zero-order valence-corrected chi connectivity index (χ0v) is 19.5. The van der Waals surface area contributed by atoms with Gasteiger partial charge < -0.3 is 19.4 Å². The quantitative estimate of drug-likeness (QED) is 0.480. The van der Waals surface area contributed by atoms with E-state index in [0.29, 0.717) is 17.7 Å². The van der Waals surface area contributed by atoms with Gasteiger partial charge in [0.1, 0.15) is 22.7 Å². The molecule has 1 aromatic carbocycles. The highest BCUT2D eigenvalue weighted by Gasteiger charge is 2.32. The maximum absolute atomic E-state index is 12.7. The molecule has 0 unspecified atom stereocenters. The number of hydrogen-bond donors (Lipinski definition) is 2. The van der Waals surface area contributed by atoms with Crippen molar-refractivity contribution in [2.45, 2.75) is 43.7 Å². The monoisotopic (exact) mass is 489 g/mol. The number of rotatable bonds is 9. The number of ether oxygens (including phenoxy) is 1. The average Bonchev–Trinajstić information content (AvgIpc) is 3.42. The summed E-state index contributed by atoms with van der Waals surface area (Å²) in [4.78, 5) is 29.7. The Morgan fingerprint density at radius 1 is 1.29 bits per heavy atom. The molecule has 0 fully saturated rings. The number of carbonyl (C=O) groups is 2. The lowest BCUT2D eigenvalue weighted by Crippen LogP contribution is -2.49. The topological polar surface area (TPSA) is 173 Å². The van der Waals surface area contributed by atoms with Crippen molar-refractivity contribution in [2.24, 2.45) is 5.16 Å². The number of aryl methyl sites for hydroxylation is 2. The molecule has 0 spiro atoms. The second kappa shape index (κ2) is 10.4. The Balaban J connectivity index is 1.56. The van der Waals surface area contributed by atoms with Gasteiger partial charge >= 0.3 is 5.97 Å². The maximum Gasteiger partial charge on any atom is 0.325 e. The Morgan fingerprint density at radius 2 is 2.00 bits per heavy atom. The Hall–Kier alpha value is -3.76. The third-order valence-electron chi connectivity index (χ3n) is 5.02. The van der Waals surface area contributed by atoms with E-state index in [1.165, 1.54) is 13.8 Å². The molecule has 1 aliphatic rings. The summed E-state index contributed by atoms with van der Waals surface area (Å²) >= 11 is 0. The van der Waals surface area contributed by atoms with Crippen molar-refractivity contribution >= 4 is 27.6 Å². The first-order chi connectivity index (χ1) is 16.1. The number of aromatic nitrogens is 1. The van der Waals surface area contributed by atoms with Gasteiger partial charge in [-0.2, -0.15) is 9.98 Å². The maximum atomic E-state index is 12.7. The van der Waals surface area contributed by atoms with E-state index in [1.807, 2.05) is 6.07 Å². The Bertz CT molecular complexity index is 1230. The number of esters is 1. The zero-order chi connectivity index (χ0) is 24.9. The first kappa shape index (κ1) is 24.9. The van der Waals surface area contributed by atoms with Crippen LogP contribution >= 0.6 is 0 Å². The van der Waals surface area contributed by atoms with Crippen LogP contribution in [0.3, 0.4) is 0 Å². The minimum Gasteiger partial charge on any atom is -0.468 e. The van der Waals surface area contributed by atoms with E-state index in [2.05, 4.69) is 25.1 Å². The molecule has 180 valence electrons. The van der Waals surface area contributed by atoms with Crippen LogP contribution in [0.25, 0.3) is 0 Å². The van der Waals surface area contributed by atoms with Crippen LogP contribution < -0.4 is 10.0 Å². The van der Waals surface area contributed by atoms with Gasteiger partial charge in [0.15, 0.2) is 5.76 Å². The van der Waals surface area contributed by atoms with E-state index in [-0.39, 0.29) is 29.3 Å². The SMILES string of the molecule is COC(=O)[C@H](CNC(=O)C[C@@H]1CC(c2ccc(C#N)cc2)=NO1)NS(=O)(=O)c1c(C)noc1C. The molecule has 2 atom stereocenters. The van der Waals surface area contributed by atoms with Gasteiger partial charge in [0.2, 0.25) is 15.9 Å². The number of hydrogen-bond acceptors (Lipinski definition) is 10. The number of oxime groups is 1. The van der Waals surface area contributed by atoms with Crippen molar-refractivity contribution in [3.05, 3.63) is 46.8 Å². The number of nitriles is 1. The van der Waals surface area contributed by atoms with E-state index in [1.54, 1.807) is 24.3 Å². The van der Waals surface area contributed by atoms with Crippen LogP contribution in [0.4, 0.5) is 0 Å². The van der Waals surface area contributed by atoms with Crippen LogP contribution in [-0.4, -0.2) is 57.0 Å². The van der Waals surface area contributed by atoms with Gasteiger partial charge in [0.25, 0.3) is 0 Å². The highest BCUT2D eigenvalue weighted by Crippen LogP contribution is 2.20. The largest absolute Gasteiger partial charge is 0.468 e. The first-order valence-electron chi connectivity index (χ1n) is 10.2. The van der Waals surface area contributed by atoms with E-state index in [4.69, 9.17) is 14.6 Å². The summed E-state index contributed by atoms with van der Waals surface area (Å²) in [6.45, 7) is 2.54. The molecule has 2 aromatic rings. The lowest BCUT2D eigenvalue weighted by atomic mass is 10.0. The van der Waals surface area contributed by atoms with Crippen molar-refractivity contribution in [3.8, 4) is 6.07 Å². The molecule has 0 saturated carbocycles. The second-order valence-electron chi connectivity index (χ2n) is 7.52. The number of carbonyl (C=O) groups excluding carboxylic acids is 2. The Morgan fingerprint density at radius 3 is 2.59 bits per heavy atom. The number of methoxy groups -OCH3 is 1. The standard InChI is InChI=1S/C21H23N5O7S/c1-12-20(13(2)32-24-12)34(29,30)26-18(21(28)31-3)11-23-19(27)9-16-8-17(25-33-16)15-6-4-14(10-22)5-7-15/h4-7,16,18,26H,8-9,11H2,1-3H3,(H,23,27)/t16-,18-/m0/s1. The highest BCUT2D eigenvalue weighted by molar-refractivity contribution is 7.89. The van der Waals surface area contributed by atoms with Gasteiger partial charge in [0, 0.05) is 13.0 Å². The third-order valence-corrected chi connectivity index (χ3v) is 6.73. The van der Waals surface area contributed by atoms with Crippen LogP contribution in [0.1, 0.15) is 35.4 Å². The smallest absolute Gasteiger partial charge is 0.325 e. The number of amides is 1. The van der Waals surface area contributed by atoms with E-state index >= 15 is 0 Å². The molecule has 13 heteroatoms. The van der Waals surface area contributed by atoms with Crippen molar-refractivity contribution in [2.75, 3.05) is 13.7 Å². The molecule has 2 N–H and O–H groups in total. The number of nitrogens with one attached hydrogen (secondary N) is 2. The van der Waals surface area contributed by atoms with Crippen LogP contribution in [0.15, 0.2) is 38.8 Å². The summed E-state index contributed by atoms with van der Waals surface area (Å²) in [5.74, 6) is -1.28. The minimum absolute atomic E-state index is 0.0617. The van der Waals surface area contributed by atoms with Crippen LogP contribution in [0, 0.1) is 25.2 Å². The molecule has 0 bridgehead atoms. The number of benzene rings is 1. The molecule has 0 saturated heterocycles. The van der Waals surface area contributed by atoms with Crippen LogP contribution in [-0.2, 0) is 29.2 Å². The zero-order valence-electron chi connectivity index (χ0n) is 18.7. The molecule has 1 amide bonds. The highest BCUT2D eigenvalue weighted by atomic mass is 32.2. The predicted octanol–water partition coefficient (Wildman–Crippen LogP) is 0.683.